The standard InChI is InChI=1S/C21H27N3OS/c1-22-21(24(2)15-18-12-13-25-16-18)23-14-17-8-10-20(11-9-17)26-19-6-4-3-5-7-19/h3-11,18H,12-16H2,1-2H3,(H,22,23). The van der Waals surface area contributed by atoms with Crippen molar-refractivity contribution in [2.75, 3.05) is 33.9 Å². The first-order valence-corrected chi connectivity index (χ1v) is 9.87. The van der Waals surface area contributed by atoms with Crippen molar-refractivity contribution in [1.82, 2.24) is 10.2 Å². The van der Waals surface area contributed by atoms with Gasteiger partial charge in [-0.1, -0.05) is 42.1 Å². The molecule has 0 radical (unpaired) electrons. The highest BCUT2D eigenvalue weighted by Gasteiger charge is 2.18. The van der Waals surface area contributed by atoms with E-state index in [1.54, 1.807) is 11.8 Å². The highest BCUT2D eigenvalue weighted by atomic mass is 32.2. The molecule has 4 nitrogen and oxygen atoms in total. The third-order valence-electron chi connectivity index (χ3n) is 4.48. The molecule has 0 aliphatic carbocycles. The zero-order chi connectivity index (χ0) is 18.2. The molecule has 2 aromatic rings. The highest BCUT2D eigenvalue weighted by Crippen LogP contribution is 2.27. The Morgan fingerprint density at radius 2 is 1.88 bits per heavy atom. The van der Waals surface area contributed by atoms with Gasteiger partial charge < -0.3 is 15.0 Å². The molecule has 1 heterocycles. The lowest BCUT2D eigenvalue weighted by molar-refractivity contribution is 0.181. The van der Waals surface area contributed by atoms with Gasteiger partial charge in [0.25, 0.3) is 0 Å². The van der Waals surface area contributed by atoms with Gasteiger partial charge in [-0.2, -0.15) is 0 Å². The molecule has 0 saturated carbocycles. The summed E-state index contributed by atoms with van der Waals surface area (Å²) in [5.74, 6) is 1.53. The molecule has 1 atom stereocenters. The van der Waals surface area contributed by atoms with E-state index in [1.807, 2.05) is 13.1 Å². The molecule has 1 aliphatic rings. The smallest absolute Gasteiger partial charge is 0.193 e. The monoisotopic (exact) mass is 369 g/mol. The Hall–Kier alpha value is -1.98. The first kappa shape index (κ1) is 18.8. The number of hydrogen-bond acceptors (Lipinski definition) is 3. The van der Waals surface area contributed by atoms with Crippen molar-refractivity contribution in [1.29, 1.82) is 0 Å². The van der Waals surface area contributed by atoms with Gasteiger partial charge in [-0.25, -0.2) is 0 Å². The molecule has 0 aromatic heterocycles. The summed E-state index contributed by atoms with van der Waals surface area (Å²) in [7, 11) is 3.93. The Morgan fingerprint density at radius 1 is 1.15 bits per heavy atom. The van der Waals surface area contributed by atoms with Crippen LogP contribution in [0.15, 0.2) is 69.4 Å². The summed E-state index contributed by atoms with van der Waals surface area (Å²) in [6.07, 6.45) is 1.14. The van der Waals surface area contributed by atoms with Crippen LogP contribution < -0.4 is 5.32 Å². The molecule has 0 amide bonds. The van der Waals surface area contributed by atoms with Crippen LogP contribution in [-0.2, 0) is 11.3 Å². The summed E-state index contributed by atoms with van der Waals surface area (Å²) < 4.78 is 5.47. The predicted molar refractivity (Wildman–Crippen MR) is 109 cm³/mol. The van der Waals surface area contributed by atoms with Gasteiger partial charge in [-0.3, -0.25) is 4.99 Å². The van der Waals surface area contributed by atoms with E-state index in [-0.39, 0.29) is 0 Å². The number of rotatable bonds is 6. The van der Waals surface area contributed by atoms with Crippen LogP contribution in [0.5, 0.6) is 0 Å². The lowest BCUT2D eigenvalue weighted by Crippen LogP contribution is -2.41. The van der Waals surface area contributed by atoms with Crippen molar-refractivity contribution in [2.24, 2.45) is 10.9 Å². The minimum Gasteiger partial charge on any atom is -0.381 e. The van der Waals surface area contributed by atoms with E-state index in [4.69, 9.17) is 4.74 Å². The summed E-state index contributed by atoms with van der Waals surface area (Å²) in [5, 5.41) is 3.46. The summed E-state index contributed by atoms with van der Waals surface area (Å²) in [4.78, 5) is 9.11. The molecular weight excluding hydrogens is 342 g/mol. The van der Waals surface area contributed by atoms with Crippen molar-refractivity contribution in [3.8, 4) is 0 Å². The van der Waals surface area contributed by atoms with Crippen molar-refractivity contribution in [2.45, 2.75) is 22.8 Å². The first-order valence-electron chi connectivity index (χ1n) is 9.06. The minimum absolute atomic E-state index is 0.604. The first-order chi connectivity index (χ1) is 12.7. The molecule has 1 unspecified atom stereocenters. The van der Waals surface area contributed by atoms with Gasteiger partial charge in [0.15, 0.2) is 5.96 Å². The topological polar surface area (TPSA) is 36.9 Å². The van der Waals surface area contributed by atoms with E-state index < -0.39 is 0 Å². The third-order valence-corrected chi connectivity index (χ3v) is 5.50. The zero-order valence-corrected chi connectivity index (χ0v) is 16.3. The molecule has 1 saturated heterocycles. The third kappa shape index (κ3) is 5.51. The highest BCUT2D eigenvalue weighted by molar-refractivity contribution is 7.99. The number of guanidine groups is 1. The average Bonchev–Trinajstić information content (AvgIpc) is 3.17. The zero-order valence-electron chi connectivity index (χ0n) is 15.5. The molecule has 1 fully saturated rings. The van der Waals surface area contributed by atoms with Crippen LogP contribution >= 0.6 is 11.8 Å². The van der Waals surface area contributed by atoms with Gasteiger partial charge in [0.05, 0.1) is 6.61 Å². The largest absolute Gasteiger partial charge is 0.381 e. The second-order valence-corrected chi connectivity index (χ2v) is 7.72. The van der Waals surface area contributed by atoms with E-state index in [1.165, 1.54) is 15.4 Å². The van der Waals surface area contributed by atoms with Crippen molar-refractivity contribution in [3.05, 3.63) is 60.2 Å². The number of nitrogens with zero attached hydrogens (tertiary/aromatic N) is 2. The van der Waals surface area contributed by atoms with Gasteiger partial charge in [0.1, 0.15) is 0 Å². The Labute approximate surface area is 160 Å². The van der Waals surface area contributed by atoms with Crippen LogP contribution in [0.2, 0.25) is 0 Å². The summed E-state index contributed by atoms with van der Waals surface area (Å²) in [5.41, 5.74) is 1.25. The molecule has 26 heavy (non-hydrogen) atoms. The summed E-state index contributed by atoms with van der Waals surface area (Å²) >= 11 is 1.78. The van der Waals surface area contributed by atoms with E-state index in [2.05, 4.69) is 70.8 Å². The Balaban J connectivity index is 1.50. The molecule has 2 aromatic carbocycles. The van der Waals surface area contributed by atoms with Crippen LogP contribution in [0.3, 0.4) is 0 Å². The number of hydrogen-bond donors (Lipinski definition) is 1. The maximum atomic E-state index is 5.47. The normalized spacial score (nSPS) is 17.3. The van der Waals surface area contributed by atoms with Gasteiger partial charge in [-0.15, -0.1) is 0 Å². The van der Waals surface area contributed by atoms with Crippen molar-refractivity contribution < 1.29 is 4.74 Å². The number of aliphatic imine (C=N–C) groups is 1. The van der Waals surface area contributed by atoms with Gasteiger partial charge in [-0.05, 0) is 36.2 Å². The fraction of sp³-hybridized carbons (Fsp3) is 0.381. The number of nitrogens with one attached hydrogen (secondary N) is 1. The van der Waals surface area contributed by atoms with Crippen LogP contribution in [0, 0.1) is 5.92 Å². The molecule has 1 aliphatic heterocycles. The molecular formula is C21H27N3OS. The maximum absolute atomic E-state index is 5.47. The average molecular weight is 370 g/mol. The lowest BCUT2D eigenvalue weighted by atomic mass is 10.1. The Bertz CT molecular complexity index is 697. The van der Waals surface area contributed by atoms with Crippen LogP contribution in [0.1, 0.15) is 12.0 Å². The maximum Gasteiger partial charge on any atom is 0.193 e. The van der Waals surface area contributed by atoms with Crippen LogP contribution in [-0.4, -0.2) is 44.7 Å². The van der Waals surface area contributed by atoms with E-state index in [9.17, 15) is 0 Å². The van der Waals surface area contributed by atoms with Crippen LogP contribution in [0.4, 0.5) is 0 Å². The summed E-state index contributed by atoms with van der Waals surface area (Å²) in [6.45, 7) is 3.50. The SMILES string of the molecule is CN=C(NCc1ccc(Sc2ccccc2)cc1)N(C)CC1CCOC1. The molecule has 0 bridgehead atoms. The second kappa shape index (κ2) is 9.64. The lowest BCUT2D eigenvalue weighted by Gasteiger charge is -2.24. The fourth-order valence-electron chi connectivity index (χ4n) is 3.07. The molecule has 138 valence electrons. The Morgan fingerprint density at radius 3 is 2.54 bits per heavy atom. The molecule has 1 N–H and O–H groups in total. The fourth-order valence-corrected chi connectivity index (χ4v) is 3.90. The van der Waals surface area contributed by atoms with E-state index >= 15 is 0 Å². The number of benzene rings is 2. The Kier molecular flexibility index (Phi) is 6.97. The van der Waals surface area contributed by atoms with E-state index in [0.29, 0.717) is 5.92 Å². The number of ether oxygens (including phenoxy) is 1. The second-order valence-electron chi connectivity index (χ2n) is 6.57. The molecule has 3 rings (SSSR count). The quantitative estimate of drug-likeness (QED) is 0.619. The summed E-state index contributed by atoms with van der Waals surface area (Å²) in [6, 6.07) is 19.2. The van der Waals surface area contributed by atoms with Gasteiger partial charge >= 0.3 is 0 Å². The van der Waals surface area contributed by atoms with Crippen LogP contribution in [0.25, 0.3) is 0 Å². The van der Waals surface area contributed by atoms with Crippen molar-refractivity contribution >= 4 is 17.7 Å². The molecule has 5 heteroatoms. The minimum atomic E-state index is 0.604. The van der Waals surface area contributed by atoms with Gasteiger partial charge in [0.2, 0.25) is 0 Å². The van der Waals surface area contributed by atoms with Gasteiger partial charge in [0, 0.05) is 49.5 Å². The molecule has 0 spiro atoms. The van der Waals surface area contributed by atoms with E-state index in [0.717, 1.165) is 38.7 Å². The van der Waals surface area contributed by atoms with Crippen molar-refractivity contribution in [3.63, 3.8) is 0 Å². The predicted octanol–water partition coefficient (Wildman–Crippen LogP) is 3.88.